The summed E-state index contributed by atoms with van der Waals surface area (Å²) in [4.78, 5) is 10.8. The lowest BCUT2D eigenvalue weighted by Crippen LogP contribution is -2.22. The molecule has 0 aromatic heterocycles. The van der Waals surface area contributed by atoms with Crippen molar-refractivity contribution >= 4 is 5.97 Å². The quantitative estimate of drug-likeness (QED) is 0.789. The first-order valence-corrected chi connectivity index (χ1v) is 4.78. The van der Waals surface area contributed by atoms with Crippen molar-refractivity contribution in [3.63, 3.8) is 0 Å². The second kappa shape index (κ2) is 3.46. The third kappa shape index (κ3) is 1.88. The van der Waals surface area contributed by atoms with Crippen LogP contribution in [0.25, 0.3) is 0 Å². The highest BCUT2D eigenvalue weighted by Gasteiger charge is 2.51. The summed E-state index contributed by atoms with van der Waals surface area (Å²) in [7, 11) is 0. The van der Waals surface area contributed by atoms with Crippen molar-refractivity contribution in [3.05, 3.63) is 24.3 Å². The van der Waals surface area contributed by atoms with Crippen LogP contribution in [0.3, 0.4) is 0 Å². The smallest absolute Gasteiger partial charge is 0.313 e. The summed E-state index contributed by atoms with van der Waals surface area (Å²) in [6, 6.07) is 6.55. The van der Waals surface area contributed by atoms with Crippen molar-refractivity contribution in [3.8, 4) is 11.5 Å². The van der Waals surface area contributed by atoms with Gasteiger partial charge in [0.1, 0.15) is 12.0 Å². The van der Waals surface area contributed by atoms with Crippen molar-refractivity contribution in [1.82, 2.24) is 0 Å². The van der Waals surface area contributed by atoms with Gasteiger partial charge < -0.3 is 14.9 Å². The first-order chi connectivity index (χ1) is 7.14. The van der Waals surface area contributed by atoms with Crippen molar-refractivity contribution < 1.29 is 19.7 Å². The van der Waals surface area contributed by atoms with Crippen LogP contribution in [-0.4, -0.2) is 22.8 Å². The molecule has 2 rings (SSSR count). The Bertz CT molecular complexity index is 382. The maximum Gasteiger partial charge on any atom is 0.313 e. The Hall–Kier alpha value is -1.71. The van der Waals surface area contributed by atoms with Crippen LogP contribution in [0.5, 0.6) is 11.5 Å². The molecule has 0 unspecified atom stereocenters. The van der Waals surface area contributed by atoms with Crippen molar-refractivity contribution in [2.24, 2.45) is 5.41 Å². The molecule has 2 N–H and O–H groups in total. The molecule has 1 aliphatic rings. The number of carboxylic acid groups (broad SMARTS) is 1. The number of carboxylic acids is 1. The minimum atomic E-state index is -0.821. The normalized spacial score (nSPS) is 17.1. The first-order valence-electron chi connectivity index (χ1n) is 4.78. The highest BCUT2D eigenvalue weighted by atomic mass is 16.5. The molecule has 0 amide bonds. The Balaban J connectivity index is 2.00. The number of phenols is 1. The summed E-state index contributed by atoms with van der Waals surface area (Å²) in [6.07, 6.45) is 1.30. The maximum absolute atomic E-state index is 10.8. The van der Waals surface area contributed by atoms with Gasteiger partial charge in [0, 0.05) is 0 Å². The van der Waals surface area contributed by atoms with Crippen LogP contribution >= 0.6 is 0 Å². The van der Waals surface area contributed by atoms with Gasteiger partial charge in [-0.1, -0.05) is 12.1 Å². The molecule has 0 aliphatic heterocycles. The number of benzene rings is 1. The topological polar surface area (TPSA) is 66.8 Å². The highest BCUT2D eigenvalue weighted by molar-refractivity contribution is 5.78. The summed E-state index contributed by atoms with van der Waals surface area (Å²) in [6.45, 7) is 0.125. The zero-order chi connectivity index (χ0) is 10.9. The van der Waals surface area contributed by atoms with Gasteiger partial charge in [-0.2, -0.15) is 0 Å². The Morgan fingerprint density at radius 3 is 2.60 bits per heavy atom. The van der Waals surface area contributed by atoms with Gasteiger partial charge in [-0.05, 0) is 25.0 Å². The molecular weight excluding hydrogens is 196 g/mol. The standard InChI is InChI=1S/C11H12O4/c12-8-3-1-2-4-9(8)15-7-11(5-6-11)10(13)14/h1-4,12H,5-7H2,(H,13,14). The number of phenolic OH excluding ortho intramolecular Hbond substituents is 1. The van der Waals surface area contributed by atoms with Crippen LogP contribution < -0.4 is 4.74 Å². The zero-order valence-electron chi connectivity index (χ0n) is 8.14. The Morgan fingerprint density at radius 2 is 2.07 bits per heavy atom. The summed E-state index contributed by atoms with van der Waals surface area (Å²) >= 11 is 0. The van der Waals surface area contributed by atoms with Gasteiger partial charge in [0.15, 0.2) is 11.5 Å². The van der Waals surface area contributed by atoms with Gasteiger partial charge >= 0.3 is 5.97 Å². The number of rotatable bonds is 4. The van der Waals surface area contributed by atoms with Crippen LogP contribution in [0, 0.1) is 5.41 Å². The van der Waals surface area contributed by atoms with E-state index in [9.17, 15) is 9.90 Å². The van der Waals surface area contributed by atoms with Gasteiger partial charge in [-0.15, -0.1) is 0 Å². The lowest BCUT2D eigenvalue weighted by Gasteiger charge is -2.12. The predicted octanol–water partition coefficient (Wildman–Crippen LogP) is 1.64. The lowest BCUT2D eigenvalue weighted by molar-refractivity contribution is -0.144. The molecule has 1 aromatic rings. The Labute approximate surface area is 87.1 Å². The molecular formula is C11H12O4. The van der Waals surface area contributed by atoms with Crippen LogP contribution in [0.15, 0.2) is 24.3 Å². The zero-order valence-corrected chi connectivity index (χ0v) is 8.14. The van der Waals surface area contributed by atoms with Gasteiger partial charge in [-0.25, -0.2) is 0 Å². The summed E-state index contributed by atoms with van der Waals surface area (Å²) in [5, 5.41) is 18.3. The third-order valence-corrected chi connectivity index (χ3v) is 2.68. The number of aliphatic carboxylic acids is 1. The van der Waals surface area contributed by atoms with Crippen molar-refractivity contribution in [2.75, 3.05) is 6.61 Å². The molecule has 1 fully saturated rings. The van der Waals surface area contributed by atoms with E-state index in [1.165, 1.54) is 6.07 Å². The molecule has 4 heteroatoms. The molecule has 1 aromatic carbocycles. The lowest BCUT2D eigenvalue weighted by atomic mass is 10.1. The number of aromatic hydroxyl groups is 1. The summed E-state index contributed by atoms with van der Waals surface area (Å²) in [5.74, 6) is -0.443. The average molecular weight is 208 g/mol. The van der Waals surface area contributed by atoms with E-state index in [2.05, 4.69) is 0 Å². The molecule has 0 atom stereocenters. The van der Waals surface area contributed by atoms with E-state index < -0.39 is 11.4 Å². The monoisotopic (exact) mass is 208 g/mol. The van der Waals surface area contributed by atoms with E-state index in [0.29, 0.717) is 18.6 Å². The number of hydrogen-bond donors (Lipinski definition) is 2. The molecule has 0 radical (unpaired) electrons. The maximum atomic E-state index is 10.8. The fraction of sp³-hybridized carbons (Fsp3) is 0.364. The molecule has 0 bridgehead atoms. The van der Waals surface area contributed by atoms with E-state index in [-0.39, 0.29) is 12.4 Å². The van der Waals surface area contributed by atoms with Gasteiger partial charge in [0.05, 0.1) is 0 Å². The molecule has 1 aliphatic carbocycles. The number of ether oxygens (including phenoxy) is 1. The number of para-hydroxylation sites is 2. The van der Waals surface area contributed by atoms with Crippen LogP contribution in [0.2, 0.25) is 0 Å². The van der Waals surface area contributed by atoms with Gasteiger partial charge in [0.25, 0.3) is 0 Å². The predicted molar refractivity (Wildman–Crippen MR) is 52.9 cm³/mol. The fourth-order valence-corrected chi connectivity index (χ4v) is 1.37. The summed E-state index contributed by atoms with van der Waals surface area (Å²) < 4.78 is 5.29. The van der Waals surface area contributed by atoms with E-state index in [1.54, 1.807) is 18.2 Å². The van der Waals surface area contributed by atoms with Crippen LogP contribution in [0.4, 0.5) is 0 Å². The molecule has 0 saturated heterocycles. The van der Waals surface area contributed by atoms with Gasteiger partial charge in [0.2, 0.25) is 0 Å². The number of hydrogen-bond acceptors (Lipinski definition) is 3. The van der Waals surface area contributed by atoms with Crippen LogP contribution in [0.1, 0.15) is 12.8 Å². The van der Waals surface area contributed by atoms with E-state index in [4.69, 9.17) is 9.84 Å². The van der Waals surface area contributed by atoms with Crippen molar-refractivity contribution in [1.29, 1.82) is 0 Å². The fourth-order valence-electron chi connectivity index (χ4n) is 1.37. The first kappa shape index (κ1) is 9.83. The largest absolute Gasteiger partial charge is 0.504 e. The van der Waals surface area contributed by atoms with E-state index in [0.717, 1.165) is 0 Å². The SMILES string of the molecule is O=C(O)C1(COc2ccccc2O)CC1. The van der Waals surface area contributed by atoms with Crippen LogP contribution in [-0.2, 0) is 4.79 Å². The molecule has 0 heterocycles. The molecule has 80 valence electrons. The second-order valence-electron chi connectivity index (χ2n) is 3.84. The molecule has 15 heavy (non-hydrogen) atoms. The summed E-state index contributed by atoms with van der Waals surface area (Å²) in [5.41, 5.74) is -0.720. The minimum absolute atomic E-state index is 0.0405. The molecule has 0 spiro atoms. The Morgan fingerprint density at radius 1 is 1.40 bits per heavy atom. The highest BCUT2D eigenvalue weighted by Crippen LogP contribution is 2.46. The molecule has 4 nitrogen and oxygen atoms in total. The van der Waals surface area contributed by atoms with Crippen molar-refractivity contribution in [2.45, 2.75) is 12.8 Å². The second-order valence-corrected chi connectivity index (χ2v) is 3.84. The molecule has 1 saturated carbocycles. The Kier molecular flexibility index (Phi) is 2.26. The number of carbonyl (C=O) groups is 1. The van der Waals surface area contributed by atoms with E-state index >= 15 is 0 Å². The van der Waals surface area contributed by atoms with E-state index in [1.807, 2.05) is 0 Å². The third-order valence-electron chi connectivity index (χ3n) is 2.68. The van der Waals surface area contributed by atoms with Gasteiger partial charge in [-0.3, -0.25) is 4.79 Å². The minimum Gasteiger partial charge on any atom is -0.504 e. The average Bonchev–Trinajstić information content (AvgIpc) is 2.98.